The molecule has 1 heterocycles. The summed E-state index contributed by atoms with van der Waals surface area (Å²) in [5.74, 6) is 0. The molecule has 0 aromatic heterocycles. The van der Waals surface area contributed by atoms with E-state index in [-0.39, 0.29) is 6.61 Å². The highest BCUT2D eigenvalue weighted by Crippen LogP contribution is 2.37. The Morgan fingerprint density at radius 1 is 1.00 bits per heavy atom. The van der Waals surface area contributed by atoms with Crippen LogP contribution in [0.4, 0.5) is 0 Å². The summed E-state index contributed by atoms with van der Waals surface area (Å²) in [6.07, 6.45) is 0.185. The van der Waals surface area contributed by atoms with E-state index >= 15 is 0 Å². The lowest BCUT2D eigenvalue weighted by Gasteiger charge is -2.40. The fourth-order valence-corrected chi connectivity index (χ4v) is 3.91. The molecular weight excluding hydrogens is 244 g/mol. The molecule has 2 aliphatic rings. The van der Waals surface area contributed by atoms with E-state index in [1.54, 1.807) is 0 Å². The van der Waals surface area contributed by atoms with E-state index in [2.05, 4.69) is 0 Å². The van der Waals surface area contributed by atoms with Gasteiger partial charge in [0.1, 0.15) is 29.9 Å². The van der Waals surface area contributed by atoms with Gasteiger partial charge in [0.05, 0.1) is 6.61 Å². The Morgan fingerprint density at radius 2 is 1.65 bits per heavy atom. The van der Waals surface area contributed by atoms with Crippen molar-refractivity contribution < 1.29 is 25.2 Å². The predicted molar refractivity (Wildman–Crippen MR) is 63.6 cm³/mol. The van der Waals surface area contributed by atoms with Crippen LogP contribution < -0.4 is 0 Å². The second kappa shape index (κ2) is 5.86. The van der Waals surface area contributed by atoms with Crippen LogP contribution in [0.1, 0.15) is 25.7 Å². The number of aliphatic hydroxyl groups excluding tert-OH is 4. The average Bonchev–Trinajstić information content (AvgIpc) is 2.83. The van der Waals surface area contributed by atoms with Gasteiger partial charge < -0.3 is 25.2 Å². The molecule has 4 N–H and O–H groups in total. The maximum Gasteiger partial charge on any atom is 0.132 e. The highest BCUT2D eigenvalue weighted by atomic mass is 32.2. The first-order valence-corrected chi connectivity index (χ1v) is 7.03. The summed E-state index contributed by atoms with van der Waals surface area (Å²) < 4.78 is 5.45. The van der Waals surface area contributed by atoms with E-state index in [0.717, 1.165) is 12.8 Å². The van der Waals surface area contributed by atoms with Crippen LogP contribution in [0, 0.1) is 0 Å². The van der Waals surface area contributed by atoms with Crippen molar-refractivity contribution in [3.8, 4) is 0 Å². The molecule has 6 heteroatoms. The van der Waals surface area contributed by atoms with Gasteiger partial charge >= 0.3 is 0 Å². The molecule has 0 amide bonds. The zero-order valence-corrected chi connectivity index (χ0v) is 10.4. The van der Waals surface area contributed by atoms with Crippen LogP contribution in [0.5, 0.6) is 0 Å². The van der Waals surface area contributed by atoms with E-state index in [1.165, 1.54) is 24.6 Å². The number of hydrogen-bond acceptors (Lipinski definition) is 6. The van der Waals surface area contributed by atoms with Crippen LogP contribution in [-0.2, 0) is 4.74 Å². The van der Waals surface area contributed by atoms with Gasteiger partial charge in [-0.3, -0.25) is 0 Å². The minimum atomic E-state index is -1.25. The number of thioether (sulfide) groups is 1. The highest BCUT2D eigenvalue weighted by Gasteiger charge is 2.44. The van der Waals surface area contributed by atoms with Crippen molar-refractivity contribution in [2.75, 3.05) is 6.61 Å². The summed E-state index contributed by atoms with van der Waals surface area (Å²) in [5, 5.41) is 38.6. The molecule has 5 atom stereocenters. The van der Waals surface area contributed by atoms with Gasteiger partial charge in [0.25, 0.3) is 0 Å². The summed E-state index contributed by atoms with van der Waals surface area (Å²) in [6.45, 7) is -0.354. The summed E-state index contributed by atoms with van der Waals surface area (Å²) in [4.78, 5) is 0. The third kappa shape index (κ3) is 2.94. The van der Waals surface area contributed by atoms with Crippen LogP contribution >= 0.6 is 11.8 Å². The maximum absolute atomic E-state index is 9.84. The summed E-state index contributed by atoms with van der Waals surface area (Å²) >= 11 is 1.51. The molecule has 1 aliphatic heterocycles. The van der Waals surface area contributed by atoms with E-state index in [4.69, 9.17) is 9.84 Å². The van der Waals surface area contributed by atoms with E-state index < -0.39 is 29.9 Å². The Bertz CT molecular complexity index is 242. The number of rotatable bonds is 3. The molecule has 0 aromatic carbocycles. The molecule has 0 bridgehead atoms. The predicted octanol–water partition coefficient (Wildman–Crippen LogP) is -0.538. The zero-order valence-electron chi connectivity index (χ0n) is 9.60. The molecule has 0 unspecified atom stereocenters. The van der Waals surface area contributed by atoms with Crippen LogP contribution in [0.2, 0.25) is 0 Å². The maximum atomic E-state index is 9.84. The van der Waals surface area contributed by atoms with Crippen molar-refractivity contribution in [1.82, 2.24) is 0 Å². The Balaban J connectivity index is 1.95. The van der Waals surface area contributed by atoms with E-state index in [1.807, 2.05) is 0 Å². The summed E-state index contributed by atoms with van der Waals surface area (Å²) in [7, 11) is 0. The molecule has 17 heavy (non-hydrogen) atoms. The molecule has 100 valence electrons. The van der Waals surface area contributed by atoms with Crippen LogP contribution in [0.25, 0.3) is 0 Å². The van der Waals surface area contributed by atoms with Gasteiger partial charge in [0.2, 0.25) is 0 Å². The lowest BCUT2D eigenvalue weighted by atomic mass is 10.0. The fraction of sp³-hybridized carbons (Fsp3) is 1.00. The summed E-state index contributed by atoms with van der Waals surface area (Å²) in [5.41, 5.74) is -0.561. The topological polar surface area (TPSA) is 90.2 Å². The SMILES string of the molecule is OC[C@H]1O[C@@H](SC2CCCC2)[C@H](O)[C@@H](O)[C@H]1O. The largest absolute Gasteiger partial charge is 0.394 e. The minimum absolute atomic E-state index is 0.354. The molecule has 2 rings (SSSR count). The highest BCUT2D eigenvalue weighted by molar-refractivity contribution is 8.00. The Labute approximate surface area is 105 Å². The third-order valence-corrected chi connectivity index (χ3v) is 4.99. The Morgan fingerprint density at radius 3 is 2.24 bits per heavy atom. The molecule has 0 aromatic rings. The van der Waals surface area contributed by atoms with Gasteiger partial charge in [0.15, 0.2) is 0 Å². The van der Waals surface area contributed by atoms with Crippen LogP contribution in [0.3, 0.4) is 0 Å². The monoisotopic (exact) mass is 264 g/mol. The van der Waals surface area contributed by atoms with Gasteiger partial charge in [-0.25, -0.2) is 0 Å². The molecule has 5 nitrogen and oxygen atoms in total. The van der Waals surface area contributed by atoms with Crippen molar-refractivity contribution in [2.45, 2.75) is 60.8 Å². The average molecular weight is 264 g/mol. The lowest BCUT2D eigenvalue weighted by molar-refractivity contribution is -0.205. The molecule has 0 spiro atoms. The zero-order chi connectivity index (χ0) is 12.4. The standard InChI is InChI=1S/C11H20O5S/c12-5-7-8(13)9(14)10(15)11(16-7)17-6-3-1-2-4-6/h6-15H,1-5H2/t7-,8+,9+,10-,11+/m1/s1. The third-order valence-electron chi connectivity index (χ3n) is 3.48. The Hall–Kier alpha value is 0.150. The van der Waals surface area contributed by atoms with Gasteiger partial charge in [-0.1, -0.05) is 12.8 Å². The quantitative estimate of drug-likeness (QED) is 0.547. The molecule has 0 radical (unpaired) electrons. The molecule has 2 fully saturated rings. The first-order valence-electron chi connectivity index (χ1n) is 6.09. The van der Waals surface area contributed by atoms with Crippen molar-refractivity contribution in [1.29, 1.82) is 0 Å². The fourth-order valence-electron chi connectivity index (χ4n) is 2.39. The van der Waals surface area contributed by atoms with Crippen molar-refractivity contribution in [2.24, 2.45) is 0 Å². The smallest absolute Gasteiger partial charge is 0.132 e. The molecule has 1 saturated carbocycles. The van der Waals surface area contributed by atoms with Crippen molar-refractivity contribution in [3.63, 3.8) is 0 Å². The van der Waals surface area contributed by atoms with Crippen molar-refractivity contribution >= 4 is 11.8 Å². The normalized spacial score (nSPS) is 44.1. The number of ether oxygens (including phenoxy) is 1. The Kier molecular flexibility index (Phi) is 4.68. The number of hydrogen-bond donors (Lipinski definition) is 4. The second-order valence-corrected chi connectivity index (χ2v) is 6.14. The van der Waals surface area contributed by atoms with Crippen LogP contribution in [0.15, 0.2) is 0 Å². The van der Waals surface area contributed by atoms with Gasteiger partial charge in [-0.05, 0) is 12.8 Å². The van der Waals surface area contributed by atoms with E-state index in [0.29, 0.717) is 5.25 Å². The molecular formula is C11H20O5S. The lowest BCUT2D eigenvalue weighted by Crippen LogP contribution is -2.57. The van der Waals surface area contributed by atoms with Crippen LogP contribution in [-0.4, -0.2) is 62.1 Å². The van der Waals surface area contributed by atoms with E-state index in [9.17, 15) is 15.3 Å². The summed E-state index contributed by atoms with van der Waals surface area (Å²) in [6, 6.07) is 0. The molecule has 1 aliphatic carbocycles. The number of aliphatic hydroxyl groups is 4. The first-order chi connectivity index (χ1) is 8.13. The van der Waals surface area contributed by atoms with Crippen molar-refractivity contribution in [3.05, 3.63) is 0 Å². The second-order valence-electron chi connectivity index (χ2n) is 4.74. The van der Waals surface area contributed by atoms with Gasteiger partial charge in [0, 0.05) is 5.25 Å². The van der Waals surface area contributed by atoms with Gasteiger partial charge in [-0.2, -0.15) is 0 Å². The molecule has 1 saturated heterocycles. The first kappa shape index (κ1) is 13.6. The van der Waals surface area contributed by atoms with Gasteiger partial charge in [-0.15, -0.1) is 11.8 Å². The minimum Gasteiger partial charge on any atom is -0.394 e.